The molecule has 1 aromatic rings. The Morgan fingerprint density at radius 3 is 2.35 bits per heavy atom. The first-order chi connectivity index (χ1) is 8.36. The Kier molecular flexibility index (Phi) is 2.48. The van der Waals surface area contributed by atoms with Gasteiger partial charge in [-0.1, -0.05) is 24.3 Å². The average molecular weight is 226 g/mol. The molecule has 86 valence electrons. The Morgan fingerprint density at radius 2 is 1.82 bits per heavy atom. The minimum absolute atomic E-state index is 0.725. The fraction of sp³-hybridized carbons (Fsp3) is 0.200. The van der Waals surface area contributed by atoms with Crippen molar-refractivity contribution in [3.8, 4) is 11.5 Å². The second-order valence-electron chi connectivity index (χ2n) is 4.16. The highest BCUT2D eigenvalue weighted by atomic mass is 16.5. The van der Waals surface area contributed by atoms with Crippen LogP contribution >= 0.6 is 0 Å². The van der Waals surface area contributed by atoms with Crippen molar-refractivity contribution in [1.29, 1.82) is 0 Å². The second-order valence-corrected chi connectivity index (χ2v) is 4.16. The van der Waals surface area contributed by atoms with Crippen molar-refractivity contribution in [3.63, 3.8) is 0 Å². The lowest BCUT2D eigenvalue weighted by molar-refractivity contribution is 0.316. The van der Waals surface area contributed by atoms with Crippen LogP contribution in [0.15, 0.2) is 42.5 Å². The highest BCUT2D eigenvalue weighted by Crippen LogP contribution is 2.24. The molecule has 2 heteroatoms. The lowest BCUT2D eigenvalue weighted by atomic mass is 10.1. The van der Waals surface area contributed by atoms with E-state index in [0.717, 1.165) is 24.5 Å². The molecule has 0 fully saturated rings. The van der Waals surface area contributed by atoms with Crippen LogP contribution in [0.4, 0.5) is 0 Å². The van der Waals surface area contributed by atoms with Gasteiger partial charge in [0.05, 0.1) is 13.7 Å². The standard InChI is InChI=1S/C15H14O2/c1-16-13-5-2-11(3-6-13)8-9-17-15-10-12-4-7-14(12)15/h2-7,10H,8-9H2,1H3. The van der Waals surface area contributed by atoms with Crippen LogP contribution in [0.1, 0.15) is 5.56 Å². The Morgan fingerprint density at radius 1 is 1.00 bits per heavy atom. The molecule has 0 atom stereocenters. The van der Waals surface area contributed by atoms with E-state index in [9.17, 15) is 0 Å². The summed E-state index contributed by atoms with van der Waals surface area (Å²) in [5, 5.41) is 2.60. The van der Waals surface area contributed by atoms with Crippen molar-refractivity contribution in [2.45, 2.75) is 6.42 Å². The molecule has 0 spiro atoms. The molecule has 0 bridgehead atoms. The van der Waals surface area contributed by atoms with Gasteiger partial charge in [0.1, 0.15) is 11.5 Å². The summed E-state index contributed by atoms with van der Waals surface area (Å²) in [5.41, 5.74) is 1.27. The summed E-state index contributed by atoms with van der Waals surface area (Å²) in [5.74, 6) is 1.93. The van der Waals surface area contributed by atoms with Crippen LogP contribution in [-0.4, -0.2) is 13.7 Å². The van der Waals surface area contributed by atoms with E-state index in [1.165, 1.54) is 16.0 Å². The second kappa shape index (κ2) is 4.13. The zero-order valence-electron chi connectivity index (χ0n) is 9.77. The molecule has 0 saturated carbocycles. The Hall–Kier alpha value is -1.96. The van der Waals surface area contributed by atoms with Crippen molar-refractivity contribution in [2.75, 3.05) is 13.7 Å². The summed E-state index contributed by atoms with van der Waals surface area (Å²) >= 11 is 0. The fourth-order valence-electron chi connectivity index (χ4n) is 1.94. The van der Waals surface area contributed by atoms with Gasteiger partial charge in [-0.25, -0.2) is 0 Å². The van der Waals surface area contributed by atoms with Crippen molar-refractivity contribution in [1.82, 2.24) is 0 Å². The fourth-order valence-corrected chi connectivity index (χ4v) is 1.94. The minimum atomic E-state index is 0.725. The Balaban J connectivity index is 1.53. The van der Waals surface area contributed by atoms with Crippen molar-refractivity contribution >= 4 is 0 Å². The molecule has 2 aliphatic rings. The number of hydrogen-bond acceptors (Lipinski definition) is 2. The molecule has 0 unspecified atom stereocenters. The quantitative estimate of drug-likeness (QED) is 0.666. The third-order valence-corrected chi connectivity index (χ3v) is 3.10. The summed E-state index contributed by atoms with van der Waals surface area (Å²) in [7, 11) is 1.68. The number of hydrogen-bond donors (Lipinski definition) is 0. The maximum Gasteiger partial charge on any atom is 0.127 e. The first-order valence-electron chi connectivity index (χ1n) is 5.77. The van der Waals surface area contributed by atoms with Crippen LogP contribution in [-0.2, 0) is 6.42 Å². The van der Waals surface area contributed by atoms with Gasteiger partial charge in [-0.2, -0.15) is 0 Å². The van der Waals surface area contributed by atoms with Crippen LogP contribution in [0.5, 0.6) is 11.5 Å². The van der Waals surface area contributed by atoms with E-state index >= 15 is 0 Å². The Labute approximate surface area is 100 Å². The van der Waals surface area contributed by atoms with E-state index in [-0.39, 0.29) is 0 Å². The molecule has 0 aromatic heterocycles. The number of ether oxygens (including phenoxy) is 2. The zero-order valence-corrected chi connectivity index (χ0v) is 9.77. The summed E-state index contributed by atoms with van der Waals surface area (Å²) in [6.45, 7) is 0.725. The van der Waals surface area contributed by atoms with Crippen LogP contribution in [0, 0.1) is 10.4 Å². The number of methoxy groups -OCH3 is 1. The van der Waals surface area contributed by atoms with Gasteiger partial charge in [-0.15, -0.1) is 0 Å². The topological polar surface area (TPSA) is 18.5 Å². The zero-order chi connectivity index (χ0) is 11.7. The van der Waals surface area contributed by atoms with Gasteiger partial charge < -0.3 is 9.47 Å². The number of rotatable bonds is 5. The summed E-state index contributed by atoms with van der Waals surface area (Å²) in [6, 6.07) is 14.4. The molecule has 3 rings (SSSR count). The molecule has 0 saturated heterocycles. The first kappa shape index (κ1) is 10.2. The monoisotopic (exact) mass is 226 g/mol. The van der Waals surface area contributed by atoms with Crippen molar-refractivity contribution < 1.29 is 9.47 Å². The molecular formula is C15H14O2. The normalized spacial score (nSPS) is 11.1. The Bertz CT molecular complexity index is 614. The van der Waals surface area contributed by atoms with Gasteiger partial charge >= 0.3 is 0 Å². The van der Waals surface area contributed by atoms with Gasteiger partial charge in [0.15, 0.2) is 0 Å². The van der Waals surface area contributed by atoms with E-state index in [1.807, 2.05) is 12.1 Å². The first-order valence-corrected chi connectivity index (χ1v) is 5.77. The molecule has 17 heavy (non-hydrogen) atoms. The minimum Gasteiger partial charge on any atom is -0.497 e. The molecule has 0 aliphatic heterocycles. The maximum absolute atomic E-state index is 5.69. The van der Waals surface area contributed by atoms with E-state index in [0.29, 0.717) is 0 Å². The predicted molar refractivity (Wildman–Crippen MR) is 66.3 cm³/mol. The van der Waals surface area contributed by atoms with Gasteiger partial charge in [-0.3, -0.25) is 0 Å². The molecule has 1 aromatic carbocycles. The van der Waals surface area contributed by atoms with Gasteiger partial charge in [-0.05, 0) is 29.0 Å². The van der Waals surface area contributed by atoms with Crippen LogP contribution < -0.4 is 9.47 Å². The molecule has 2 aliphatic carbocycles. The van der Waals surface area contributed by atoms with Gasteiger partial charge in [0.2, 0.25) is 0 Å². The molecular weight excluding hydrogens is 212 g/mol. The van der Waals surface area contributed by atoms with E-state index in [4.69, 9.17) is 9.47 Å². The average Bonchev–Trinajstić information content (AvgIpc) is 2.35. The molecule has 0 N–H and O–H groups in total. The van der Waals surface area contributed by atoms with Crippen molar-refractivity contribution in [2.24, 2.45) is 0 Å². The summed E-state index contributed by atoms with van der Waals surface area (Å²) < 4.78 is 10.8. The summed E-state index contributed by atoms with van der Waals surface area (Å²) in [6.07, 6.45) is 0.924. The third kappa shape index (κ3) is 1.86. The highest BCUT2D eigenvalue weighted by molar-refractivity contribution is 5.38. The lowest BCUT2D eigenvalue weighted by Gasteiger charge is -2.13. The SMILES string of the molecule is COc1ccc(CCOc2cc3ccc2=3)cc1. The largest absolute Gasteiger partial charge is 0.497 e. The maximum atomic E-state index is 5.69. The third-order valence-electron chi connectivity index (χ3n) is 3.10. The lowest BCUT2D eigenvalue weighted by Crippen LogP contribution is -2.04. The van der Waals surface area contributed by atoms with E-state index < -0.39 is 0 Å². The molecule has 0 amide bonds. The smallest absolute Gasteiger partial charge is 0.127 e. The molecule has 2 nitrogen and oxygen atoms in total. The molecule has 0 heterocycles. The van der Waals surface area contributed by atoms with E-state index in [2.05, 4.69) is 30.3 Å². The van der Waals surface area contributed by atoms with Gasteiger partial charge in [0, 0.05) is 11.6 Å². The van der Waals surface area contributed by atoms with Crippen LogP contribution in [0.3, 0.4) is 0 Å². The van der Waals surface area contributed by atoms with Gasteiger partial charge in [0.25, 0.3) is 0 Å². The van der Waals surface area contributed by atoms with Crippen molar-refractivity contribution in [3.05, 3.63) is 58.5 Å². The number of benzene rings is 2. The highest BCUT2D eigenvalue weighted by Gasteiger charge is 2.06. The summed E-state index contributed by atoms with van der Waals surface area (Å²) in [4.78, 5) is 0. The van der Waals surface area contributed by atoms with Crippen LogP contribution in [0.2, 0.25) is 0 Å². The van der Waals surface area contributed by atoms with Crippen LogP contribution in [0.25, 0.3) is 0 Å². The molecule has 0 radical (unpaired) electrons. The predicted octanol–water partition coefficient (Wildman–Crippen LogP) is 2.92. The van der Waals surface area contributed by atoms with E-state index in [1.54, 1.807) is 7.11 Å².